The second-order valence-corrected chi connectivity index (χ2v) is 19.9. The number of piperazine rings is 1. The quantitative estimate of drug-likeness (QED) is 0.0407. The van der Waals surface area contributed by atoms with E-state index in [0.29, 0.717) is 55.7 Å². The molecule has 0 saturated carbocycles. The summed E-state index contributed by atoms with van der Waals surface area (Å²) >= 11 is 1.42. The fourth-order valence-corrected chi connectivity index (χ4v) is 9.96. The molecule has 0 bridgehead atoms. The Morgan fingerprint density at radius 2 is 1.77 bits per heavy atom. The van der Waals surface area contributed by atoms with Gasteiger partial charge in [0.2, 0.25) is 0 Å². The Morgan fingerprint density at radius 1 is 1.01 bits per heavy atom. The largest absolute Gasteiger partial charge is 0.465 e. The highest BCUT2D eigenvalue weighted by molar-refractivity contribution is 7.10. The number of likely N-dealkylation sites (N-methyl/N-ethyl adjacent to an activating group) is 1. The van der Waals surface area contributed by atoms with Crippen LogP contribution < -0.4 is 15.6 Å². The molecule has 3 atom stereocenters. The van der Waals surface area contributed by atoms with Gasteiger partial charge in [0.25, 0.3) is 11.6 Å². The lowest BCUT2D eigenvalue weighted by atomic mass is 9.84. The zero-order chi connectivity index (χ0) is 49.4. The van der Waals surface area contributed by atoms with Crippen molar-refractivity contribution >= 4 is 51.2 Å². The van der Waals surface area contributed by atoms with Gasteiger partial charge in [-0.1, -0.05) is 19.9 Å². The Labute approximate surface area is 409 Å². The van der Waals surface area contributed by atoms with Crippen molar-refractivity contribution < 1.29 is 33.5 Å². The van der Waals surface area contributed by atoms with E-state index in [0.717, 1.165) is 83.7 Å². The second kappa shape index (κ2) is 22.9. The Bertz CT molecular complexity index is 2550. The number of hydrogen-bond acceptors (Lipinski definition) is 15. The smallest absolute Gasteiger partial charge is 0.302 e. The number of anilines is 2. The van der Waals surface area contributed by atoms with E-state index in [-0.39, 0.29) is 36.4 Å². The number of aromatic nitrogens is 3. The molecule has 2 aliphatic heterocycles. The molecule has 5 aromatic rings. The van der Waals surface area contributed by atoms with Gasteiger partial charge in [-0.15, -0.1) is 11.3 Å². The Balaban J connectivity index is 1.38. The Kier molecular flexibility index (Phi) is 17.1. The number of nitrogens with zero attached hydrogens (tertiary/aromatic N) is 7. The maximum absolute atomic E-state index is 14.4. The van der Waals surface area contributed by atoms with Crippen LogP contribution >= 0.6 is 11.3 Å². The standard InChI is InChI=1S/C51H69N9O8S/c1-10-66-48(46(50(62)59-20-12-11-19-53-59)54-37-14-16-38(17-15-37)60(63)64)49-55-43(31-69-49)36-13-18-44-40(27-36)42(29-51(6,7)32-68-35(5)61)47(58(44)25-26-67-33(2)3)41-28-39(30-52-45(41)34(4)65-9)57-23-21-56(8)22-24-57/h13-18,27-28,30-31,33-34,46,48,53-54H,10-12,19-26,29,32H2,1-9H3. The molecule has 0 radical (unpaired) electrons. The summed E-state index contributed by atoms with van der Waals surface area (Å²) in [6.45, 7) is 20.1. The third-order valence-electron chi connectivity index (χ3n) is 12.8. The zero-order valence-corrected chi connectivity index (χ0v) is 42.4. The molecule has 0 spiro atoms. The number of esters is 1. The lowest BCUT2D eigenvalue weighted by Crippen LogP contribution is -2.54. The van der Waals surface area contributed by atoms with Crippen molar-refractivity contribution in [3.05, 3.63) is 86.5 Å². The first kappa shape index (κ1) is 51.4. The number of thiazole rings is 1. The predicted octanol–water partition coefficient (Wildman–Crippen LogP) is 8.44. The maximum atomic E-state index is 14.4. The molecular formula is C51H69N9O8S. The van der Waals surface area contributed by atoms with Crippen LogP contribution in [0.2, 0.25) is 0 Å². The molecule has 69 heavy (non-hydrogen) atoms. The number of amides is 1. The molecule has 0 aliphatic carbocycles. The molecule has 2 fully saturated rings. The number of hydrogen-bond donors (Lipinski definition) is 2. The minimum atomic E-state index is -0.909. The molecule has 17 nitrogen and oxygen atoms in total. The van der Waals surface area contributed by atoms with Gasteiger partial charge in [-0.05, 0) is 89.9 Å². The number of carbonyl (C=O) groups excluding carboxylic acids is 2. The molecule has 2 aliphatic rings. The fraction of sp³-hybridized carbons (Fsp3) is 0.529. The number of ether oxygens (including phenoxy) is 4. The van der Waals surface area contributed by atoms with Crippen LogP contribution in [0.4, 0.5) is 17.1 Å². The average molecular weight is 968 g/mol. The molecule has 18 heteroatoms. The predicted molar refractivity (Wildman–Crippen MR) is 270 cm³/mol. The molecule has 3 unspecified atom stereocenters. The lowest BCUT2D eigenvalue weighted by Gasteiger charge is -2.34. The van der Waals surface area contributed by atoms with Crippen LogP contribution in [0.15, 0.2) is 60.1 Å². The molecule has 2 saturated heterocycles. The van der Waals surface area contributed by atoms with Crippen molar-refractivity contribution in [2.75, 3.05) is 83.5 Å². The summed E-state index contributed by atoms with van der Waals surface area (Å²) in [5.74, 6) is -0.544. The highest BCUT2D eigenvalue weighted by Gasteiger charge is 2.37. The third-order valence-corrected chi connectivity index (χ3v) is 13.7. The van der Waals surface area contributed by atoms with Gasteiger partial charge in [0.05, 0.1) is 59.3 Å². The summed E-state index contributed by atoms with van der Waals surface area (Å²) in [5, 5.41) is 20.1. The van der Waals surface area contributed by atoms with E-state index in [4.69, 9.17) is 28.9 Å². The van der Waals surface area contributed by atoms with Gasteiger partial charge in [0.15, 0.2) is 0 Å². The van der Waals surface area contributed by atoms with Gasteiger partial charge in [0.1, 0.15) is 17.2 Å². The minimum Gasteiger partial charge on any atom is -0.465 e. The summed E-state index contributed by atoms with van der Waals surface area (Å²) < 4.78 is 26.7. The van der Waals surface area contributed by atoms with Gasteiger partial charge < -0.3 is 38.6 Å². The van der Waals surface area contributed by atoms with Gasteiger partial charge in [-0.3, -0.25) is 29.7 Å². The first-order valence-corrected chi connectivity index (χ1v) is 24.9. The van der Waals surface area contributed by atoms with Crippen LogP contribution in [0, 0.1) is 15.5 Å². The number of methoxy groups -OCH3 is 1. The second-order valence-electron chi connectivity index (χ2n) is 19.0. The van der Waals surface area contributed by atoms with E-state index in [1.165, 1.54) is 30.4 Å². The molecule has 1 amide bonds. The molecule has 2 N–H and O–H groups in total. The topological polar surface area (TPSA) is 179 Å². The molecule has 2 aromatic carbocycles. The number of carbonyl (C=O) groups is 2. The zero-order valence-electron chi connectivity index (χ0n) is 41.6. The number of fused-ring (bicyclic) bond motifs is 1. The number of pyridine rings is 1. The van der Waals surface area contributed by atoms with Gasteiger partial charge in [0, 0.05) is 117 Å². The number of nitrogens with one attached hydrogen (secondary N) is 2. The van der Waals surface area contributed by atoms with Crippen molar-refractivity contribution in [1.29, 1.82) is 0 Å². The summed E-state index contributed by atoms with van der Waals surface area (Å²) in [5.41, 5.74) is 10.8. The van der Waals surface area contributed by atoms with Crippen LogP contribution in [-0.2, 0) is 41.5 Å². The van der Waals surface area contributed by atoms with Gasteiger partial charge in [-0.2, -0.15) is 0 Å². The number of rotatable bonds is 21. The highest BCUT2D eigenvalue weighted by Crippen LogP contribution is 2.43. The monoisotopic (exact) mass is 967 g/mol. The van der Waals surface area contributed by atoms with Gasteiger partial charge >= 0.3 is 5.97 Å². The number of non-ortho nitro benzene ring substituents is 1. The SMILES string of the molecule is CCOC(c1nc(-c2ccc3c(c2)c(CC(C)(C)COC(C)=O)c(-c2cc(N4CCN(C)CC4)cnc2C(C)OC)n3CCOC(C)C)cs1)C(Nc1ccc([N+](=O)[O-])cc1)C(=O)N1CCCCN1. The summed E-state index contributed by atoms with van der Waals surface area (Å²) in [4.78, 5) is 52.8. The summed E-state index contributed by atoms with van der Waals surface area (Å²) in [7, 11) is 3.86. The normalized spacial score (nSPS) is 16.2. The third kappa shape index (κ3) is 12.5. The van der Waals surface area contributed by atoms with Crippen molar-refractivity contribution in [3.8, 4) is 22.5 Å². The molecule has 5 heterocycles. The van der Waals surface area contributed by atoms with Crippen LogP contribution in [0.3, 0.4) is 0 Å². The summed E-state index contributed by atoms with van der Waals surface area (Å²) in [6.07, 6.45) is 3.25. The number of nitro groups is 1. The molecular weight excluding hydrogens is 899 g/mol. The van der Waals surface area contributed by atoms with Crippen molar-refractivity contribution in [1.82, 2.24) is 29.9 Å². The number of benzene rings is 2. The van der Waals surface area contributed by atoms with E-state index in [9.17, 15) is 19.7 Å². The van der Waals surface area contributed by atoms with E-state index >= 15 is 0 Å². The van der Waals surface area contributed by atoms with Crippen LogP contribution in [0.25, 0.3) is 33.4 Å². The lowest BCUT2D eigenvalue weighted by molar-refractivity contribution is -0.384. The molecule has 3 aromatic heterocycles. The summed E-state index contributed by atoms with van der Waals surface area (Å²) in [6, 6.07) is 13.8. The van der Waals surface area contributed by atoms with Crippen molar-refractivity contribution in [2.45, 2.75) is 98.6 Å². The van der Waals surface area contributed by atoms with E-state index in [1.807, 2.05) is 39.3 Å². The van der Waals surface area contributed by atoms with Crippen molar-refractivity contribution in [3.63, 3.8) is 0 Å². The van der Waals surface area contributed by atoms with Crippen LogP contribution in [-0.4, -0.2) is 127 Å². The Hall–Kier alpha value is -5.50. The molecule has 372 valence electrons. The van der Waals surface area contributed by atoms with Crippen LogP contribution in [0.1, 0.15) is 89.8 Å². The van der Waals surface area contributed by atoms with E-state index in [1.54, 1.807) is 24.3 Å². The van der Waals surface area contributed by atoms with Crippen molar-refractivity contribution in [2.24, 2.45) is 5.41 Å². The van der Waals surface area contributed by atoms with Gasteiger partial charge in [-0.25, -0.2) is 10.4 Å². The average Bonchev–Trinajstić information content (AvgIpc) is 3.94. The van der Waals surface area contributed by atoms with Crippen LogP contribution in [0.5, 0.6) is 0 Å². The number of nitro benzene ring substituents is 1. The van der Waals surface area contributed by atoms with E-state index in [2.05, 4.69) is 70.3 Å². The first-order chi connectivity index (χ1) is 33.1. The first-order valence-electron chi connectivity index (χ1n) is 24.1. The molecule has 7 rings (SSSR count). The van der Waals surface area contributed by atoms with E-state index < -0.39 is 22.5 Å². The Morgan fingerprint density at radius 3 is 2.42 bits per heavy atom. The minimum absolute atomic E-state index is 0.0324. The fourth-order valence-electron chi connectivity index (χ4n) is 9.05. The highest BCUT2D eigenvalue weighted by atomic mass is 32.1. The maximum Gasteiger partial charge on any atom is 0.302 e. The number of hydrazine groups is 1.